The highest BCUT2D eigenvalue weighted by Gasteiger charge is 2.21. The van der Waals surface area contributed by atoms with E-state index in [1.807, 2.05) is 0 Å². The fourth-order valence-corrected chi connectivity index (χ4v) is 2.45. The van der Waals surface area contributed by atoms with Crippen LogP contribution in [-0.4, -0.2) is 31.2 Å². The van der Waals surface area contributed by atoms with Crippen LogP contribution in [0.15, 0.2) is 28.9 Å². The second-order valence-corrected chi connectivity index (χ2v) is 5.17. The number of carbonyl (C=O) groups is 1. The first-order chi connectivity index (χ1) is 11.0. The van der Waals surface area contributed by atoms with Crippen LogP contribution in [0.1, 0.15) is 21.8 Å². The molecule has 0 unspecified atom stereocenters. The van der Waals surface area contributed by atoms with E-state index in [9.17, 15) is 9.18 Å². The third-order valence-electron chi connectivity index (χ3n) is 3.22. The Kier molecular flexibility index (Phi) is 3.83. The molecule has 9 heteroatoms. The van der Waals surface area contributed by atoms with Crippen molar-refractivity contribution in [3.05, 3.63) is 52.3 Å². The second-order valence-electron chi connectivity index (χ2n) is 4.76. The predicted octanol–water partition coefficient (Wildman–Crippen LogP) is 2.78. The van der Waals surface area contributed by atoms with Gasteiger partial charge in [0, 0.05) is 0 Å². The molecule has 3 rings (SSSR count). The lowest BCUT2D eigenvalue weighted by Gasteiger charge is -2.01. The lowest BCUT2D eigenvalue weighted by atomic mass is 10.1. The van der Waals surface area contributed by atoms with Crippen LogP contribution in [0, 0.1) is 12.7 Å². The van der Waals surface area contributed by atoms with E-state index < -0.39 is 11.8 Å². The van der Waals surface area contributed by atoms with Gasteiger partial charge in [0.15, 0.2) is 0 Å². The van der Waals surface area contributed by atoms with Gasteiger partial charge >= 0.3 is 5.97 Å². The molecule has 2 heterocycles. The zero-order valence-corrected chi connectivity index (χ0v) is 12.6. The maximum Gasteiger partial charge on any atom is 0.341 e. The van der Waals surface area contributed by atoms with Crippen molar-refractivity contribution < 1.29 is 18.8 Å². The van der Waals surface area contributed by atoms with Crippen LogP contribution in [-0.2, 0) is 6.54 Å². The fourth-order valence-electron chi connectivity index (χ4n) is 2.19. The highest BCUT2D eigenvalue weighted by atomic mass is 35.5. The van der Waals surface area contributed by atoms with Gasteiger partial charge in [-0.1, -0.05) is 28.0 Å². The summed E-state index contributed by atoms with van der Waals surface area (Å²) in [5, 5.41) is 20.8. The number of hydrogen-bond donors (Lipinski definition) is 1. The van der Waals surface area contributed by atoms with Gasteiger partial charge in [-0.2, -0.15) is 0 Å². The highest BCUT2D eigenvalue weighted by Crippen LogP contribution is 2.28. The van der Waals surface area contributed by atoms with Gasteiger partial charge in [0.25, 0.3) is 0 Å². The van der Waals surface area contributed by atoms with Crippen LogP contribution in [0.5, 0.6) is 0 Å². The maximum atomic E-state index is 13.9. The topological polar surface area (TPSA) is 94.0 Å². The average molecular weight is 337 g/mol. The SMILES string of the molecule is Cc1onc(Cn2cc(-c3c(F)cccc3Cl)nn2)c1C(=O)O. The number of nitrogens with zero attached hydrogens (tertiary/aromatic N) is 4. The number of halogens is 2. The molecular weight excluding hydrogens is 327 g/mol. The molecule has 1 N–H and O–H groups in total. The van der Waals surface area contributed by atoms with Crippen molar-refractivity contribution in [3.63, 3.8) is 0 Å². The van der Waals surface area contributed by atoms with Crippen molar-refractivity contribution in [3.8, 4) is 11.3 Å². The van der Waals surface area contributed by atoms with Gasteiger partial charge in [-0.25, -0.2) is 13.9 Å². The average Bonchev–Trinajstić information content (AvgIpc) is 3.06. The first kappa shape index (κ1) is 15.2. The Bertz CT molecular complexity index is 870. The summed E-state index contributed by atoms with van der Waals surface area (Å²) in [5.74, 6) is -1.46. The van der Waals surface area contributed by atoms with Crippen LogP contribution in [0.3, 0.4) is 0 Å². The molecular formula is C14H10ClFN4O3. The Labute approximate surface area is 134 Å². The molecule has 0 aliphatic carbocycles. The molecule has 7 nitrogen and oxygen atoms in total. The summed E-state index contributed by atoms with van der Waals surface area (Å²) < 4.78 is 20.1. The molecule has 0 amide bonds. The van der Waals surface area contributed by atoms with Crippen LogP contribution < -0.4 is 0 Å². The van der Waals surface area contributed by atoms with Gasteiger partial charge in [-0.15, -0.1) is 5.10 Å². The van der Waals surface area contributed by atoms with E-state index in [0.717, 1.165) is 0 Å². The van der Waals surface area contributed by atoms with E-state index in [1.165, 1.54) is 29.9 Å². The number of aromatic nitrogens is 4. The van der Waals surface area contributed by atoms with Crippen LogP contribution in [0.25, 0.3) is 11.3 Å². The first-order valence-electron chi connectivity index (χ1n) is 6.50. The highest BCUT2D eigenvalue weighted by molar-refractivity contribution is 6.33. The number of aryl methyl sites for hydroxylation is 1. The summed E-state index contributed by atoms with van der Waals surface area (Å²) in [4.78, 5) is 11.2. The van der Waals surface area contributed by atoms with E-state index >= 15 is 0 Å². The summed E-state index contributed by atoms with van der Waals surface area (Å²) in [6, 6.07) is 4.30. The van der Waals surface area contributed by atoms with Crippen molar-refractivity contribution in [2.75, 3.05) is 0 Å². The lowest BCUT2D eigenvalue weighted by Crippen LogP contribution is -2.07. The minimum Gasteiger partial charge on any atom is -0.477 e. The van der Waals surface area contributed by atoms with Crippen molar-refractivity contribution in [2.24, 2.45) is 0 Å². The minimum absolute atomic E-state index is 0.0222. The number of benzene rings is 1. The molecule has 1 aromatic carbocycles. The first-order valence-corrected chi connectivity index (χ1v) is 6.88. The number of carboxylic acids is 1. The smallest absolute Gasteiger partial charge is 0.341 e. The van der Waals surface area contributed by atoms with Gasteiger partial charge in [-0.05, 0) is 19.1 Å². The maximum absolute atomic E-state index is 13.9. The monoisotopic (exact) mass is 336 g/mol. The Balaban J connectivity index is 1.93. The van der Waals surface area contributed by atoms with Gasteiger partial charge in [-0.3, -0.25) is 0 Å². The quantitative estimate of drug-likeness (QED) is 0.787. The fraction of sp³-hybridized carbons (Fsp3) is 0.143. The molecule has 0 radical (unpaired) electrons. The van der Waals surface area contributed by atoms with Gasteiger partial charge in [0.1, 0.15) is 28.5 Å². The molecule has 23 heavy (non-hydrogen) atoms. The van der Waals surface area contributed by atoms with Crippen LogP contribution in [0.4, 0.5) is 4.39 Å². The minimum atomic E-state index is -1.14. The molecule has 0 aliphatic rings. The molecule has 3 aromatic rings. The predicted molar refractivity (Wildman–Crippen MR) is 77.7 cm³/mol. The molecule has 2 aromatic heterocycles. The van der Waals surface area contributed by atoms with Gasteiger partial charge in [0.05, 0.1) is 23.3 Å². The standard InChI is InChI=1S/C14H10ClFN4O3/c1-7-12(14(21)22)11(18-23-7)6-20-5-10(17-19-20)13-8(15)3-2-4-9(13)16/h2-5H,6H2,1H3,(H,21,22). The summed E-state index contributed by atoms with van der Waals surface area (Å²) in [6.07, 6.45) is 1.46. The Hall–Kier alpha value is -2.74. The van der Waals surface area contributed by atoms with Crippen molar-refractivity contribution in [2.45, 2.75) is 13.5 Å². The van der Waals surface area contributed by atoms with E-state index in [0.29, 0.717) is 0 Å². The van der Waals surface area contributed by atoms with Gasteiger partial charge in [0.2, 0.25) is 0 Å². The Morgan fingerprint density at radius 3 is 2.96 bits per heavy atom. The molecule has 0 saturated heterocycles. The zero-order valence-electron chi connectivity index (χ0n) is 11.8. The summed E-state index contributed by atoms with van der Waals surface area (Å²) in [7, 11) is 0. The van der Waals surface area contributed by atoms with Crippen molar-refractivity contribution in [1.82, 2.24) is 20.2 Å². The van der Waals surface area contributed by atoms with Crippen LogP contribution in [0.2, 0.25) is 5.02 Å². The zero-order chi connectivity index (χ0) is 16.6. The molecule has 0 spiro atoms. The number of carboxylic acid groups (broad SMARTS) is 1. The number of aromatic carboxylic acids is 1. The summed E-state index contributed by atoms with van der Waals surface area (Å²) in [5.41, 5.74) is 0.553. The third kappa shape index (κ3) is 2.80. The summed E-state index contributed by atoms with van der Waals surface area (Å²) >= 11 is 5.98. The van der Waals surface area contributed by atoms with Crippen molar-refractivity contribution in [1.29, 1.82) is 0 Å². The Morgan fingerprint density at radius 2 is 2.26 bits per heavy atom. The van der Waals surface area contributed by atoms with E-state index in [4.69, 9.17) is 21.2 Å². The van der Waals surface area contributed by atoms with Crippen LogP contribution >= 0.6 is 11.6 Å². The van der Waals surface area contributed by atoms with Crippen molar-refractivity contribution >= 4 is 17.6 Å². The van der Waals surface area contributed by atoms with Gasteiger partial charge < -0.3 is 9.63 Å². The molecule has 0 aliphatic heterocycles. The number of rotatable bonds is 4. The van der Waals surface area contributed by atoms with E-state index in [-0.39, 0.29) is 39.8 Å². The molecule has 0 fully saturated rings. The van der Waals surface area contributed by atoms with E-state index in [1.54, 1.807) is 6.07 Å². The molecule has 0 bridgehead atoms. The summed E-state index contributed by atoms with van der Waals surface area (Å²) in [6.45, 7) is 1.53. The normalized spacial score (nSPS) is 10.9. The molecule has 118 valence electrons. The largest absolute Gasteiger partial charge is 0.477 e. The second kappa shape index (κ2) is 5.81. The van der Waals surface area contributed by atoms with E-state index in [2.05, 4.69) is 15.5 Å². The molecule has 0 saturated carbocycles. The third-order valence-corrected chi connectivity index (χ3v) is 3.53. The lowest BCUT2D eigenvalue weighted by molar-refractivity contribution is 0.0694. The number of hydrogen-bond acceptors (Lipinski definition) is 5. The Morgan fingerprint density at radius 1 is 1.48 bits per heavy atom. The molecule has 0 atom stereocenters.